The van der Waals surface area contributed by atoms with E-state index in [-0.39, 0.29) is 17.9 Å². The molecule has 1 aliphatic rings. The van der Waals surface area contributed by atoms with Crippen molar-refractivity contribution in [2.24, 2.45) is 0 Å². The van der Waals surface area contributed by atoms with Crippen molar-refractivity contribution in [1.82, 2.24) is 4.90 Å². The number of anilines is 1. The zero-order chi connectivity index (χ0) is 16.4. The number of urea groups is 1. The Balaban J connectivity index is 1.78. The van der Waals surface area contributed by atoms with Crippen molar-refractivity contribution in [3.05, 3.63) is 65.0 Å². The van der Waals surface area contributed by atoms with Gasteiger partial charge in [-0.05, 0) is 56.0 Å². The fourth-order valence-corrected chi connectivity index (χ4v) is 3.09. The summed E-state index contributed by atoms with van der Waals surface area (Å²) in [4.78, 5) is 14.3. The van der Waals surface area contributed by atoms with Gasteiger partial charge in [-0.15, -0.1) is 0 Å². The number of hydrogen-bond donors (Lipinski definition) is 1. The average Bonchev–Trinajstić information content (AvgIpc) is 3.01. The van der Waals surface area contributed by atoms with Crippen LogP contribution in [-0.2, 0) is 0 Å². The monoisotopic (exact) mass is 312 g/mol. The van der Waals surface area contributed by atoms with Crippen molar-refractivity contribution in [3.8, 4) is 0 Å². The number of carbonyl (C=O) groups excluding carboxylic acids is 1. The number of likely N-dealkylation sites (tertiary alicyclic amines) is 1. The van der Waals surface area contributed by atoms with Gasteiger partial charge in [0.1, 0.15) is 5.82 Å². The zero-order valence-electron chi connectivity index (χ0n) is 13.5. The number of carbonyl (C=O) groups is 1. The van der Waals surface area contributed by atoms with Crippen LogP contribution in [0.25, 0.3) is 0 Å². The molecule has 4 heteroatoms. The minimum absolute atomic E-state index is 0.168. The van der Waals surface area contributed by atoms with Crippen LogP contribution in [0.2, 0.25) is 0 Å². The quantitative estimate of drug-likeness (QED) is 0.848. The van der Waals surface area contributed by atoms with E-state index in [1.807, 2.05) is 38.1 Å². The van der Waals surface area contributed by atoms with Gasteiger partial charge in [-0.3, -0.25) is 0 Å². The molecule has 0 bridgehead atoms. The summed E-state index contributed by atoms with van der Waals surface area (Å²) in [5.41, 5.74) is 3.70. The Bertz CT molecular complexity index is 729. The number of halogens is 1. The fraction of sp³-hybridized carbons (Fsp3) is 0.316. The molecule has 2 aromatic carbocycles. The molecular weight excluding hydrogens is 291 g/mol. The first-order valence-corrected chi connectivity index (χ1v) is 7.95. The molecule has 3 rings (SSSR count). The topological polar surface area (TPSA) is 32.3 Å². The number of benzene rings is 2. The maximum absolute atomic E-state index is 14.0. The molecule has 1 saturated heterocycles. The third kappa shape index (κ3) is 3.21. The lowest BCUT2D eigenvalue weighted by atomic mass is 10.0. The Labute approximate surface area is 136 Å². The van der Waals surface area contributed by atoms with Crippen LogP contribution in [0.1, 0.15) is 35.6 Å². The lowest BCUT2D eigenvalue weighted by Gasteiger charge is -2.25. The summed E-state index contributed by atoms with van der Waals surface area (Å²) in [6.45, 7) is 4.70. The first kappa shape index (κ1) is 15.5. The second-order valence-electron chi connectivity index (χ2n) is 6.10. The lowest BCUT2D eigenvalue weighted by Crippen LogP contribution is -2.34. The summed E-state index contributed by atoms with van der Waals surface area (Å²) in [7, 11) is 0. The molecular formula is C19H21FN2O. The van der Waals surface area contributed by atoms with Crippen molar-refractivity contribution < 1.29 is 9.18 Å². The molecule has 120 valence electrons. The van der Waals surface area contributed by atoms with Crippen LogP contribution in [0.4, 0.5) is 14.9 Å². The average molecular weight is 312 g/mol. The molecule has 1 N–H and O–H groups in total. The van der Waals surface area contributed by atoms with E-state index in [0.717, 1.165) is 24.1 Å². The maximum Gasteiger partial charge on any atom is 0.322 e. The second-order valence-corrected chi connectivity index (χ2v) is 6.10. The van der Waals surface area contributed by atoms with Gasteiger partial charge in [0.25, 0.3) is 0 Å². The van der Waals surface area contributed by atoms with Gasteiger partial charge in [0.15, 0.2) is 0 Å². The molecule has 3 nitrogen and oxygen atoms in total. The van der Waals surface area contributed by atoms with Crippen LogP contribution in [-0.4, -0.2) is 17.5 Å². The molecule has 0 spiro atoms. The summed E-state index contributed by atoms with van der Waals surface area (Å²) < 4.78 is 14.0. The van der Waals surface area contributed by atoms with Crippen LogP contribution >= 0.6 is 0 Å². The second kappa shape index (κ2) is 6.41. The van der Waals surface area contributed by atoms with E-state index in [1.165, 1.54) is 11.6 Å². The van der Waals surface area contributed by atoms with E-state index in [0.29, 0.717) is 12.1 Å². The van der Waals surface area contributed by atoms with Gasteiger partial charge in [-0.1, -0.05) is 24.3 Å². The van der Waals surface area contributed by atoms with Crippen molar-refractivity contribution in [1.29, 1.82) is 0 Å². The molecule has 1 fully saturated rings. The summed E-state index contributed by atoms with van der Waals surface area (Å²) in [5, 5.41) is 2.94. The van der Waals surface area contributed by atoms with E-state index in [4.69, 9.17) is 0 Å². The van der Waals surface area contributed by atoms with Gasteiger partial charge in [0.05, 0.1) is 6.04 Å². The molecule has 0 radical (unpaired) electrons. The van der Waals surface area contributed by atoms with Crippen molar-refractivity contribution in [2.45, 2.75) is 32.7 Å². The van der Waals surface area contributed by atoms with Crippen molar-refractivity contribution in [2.75, 3.05) is 11.9 Å². The molecule has 2 amide bonds. The molecule has 1 aliphatic heterocycles. The zero-order valence-corrected chi connectivity index (χ0v) is 13.5. The largest absolute Gasteiger partial charge is 0.322 e. The van der Waals surface area contributed by atoms with E-state index in [1.54, 1.807) is 17.0 Å². The SMILES string of the molecule is Cc1ccc(NC(=O)N2CCCC2c2ccccc2F)cc1C. The molecule has 1 unspecified atom stereocenters. The Kier molecular flexibility index (Phi) is 4.33. The predicted octanol–water partition coefficient (Wildman–Crippen LogP) is 4.81. The maximum atomic E-state index is 14.0. The highest BCUT2D eigenvalue weighted by atomic mass is 19.1. The van der Waals surface area contributed by atoms with Crippen LogP contribution < -0.4 is 5.32 Å². The Morgan fingerprint density at radius 3 is 2.70 bits per heavy atom. The van der Waals surface area contributed by atoms with E-state index in [9.17, 15) is 9.18 Å². The van der Waals surface area contributed by atoms with Gasteiger partial charge >= 0.3 is 6.03 Å². The fourth-order valence-electron chi connectivity index (χ4n) is 3.09. The van der Waals surface area contributed by atoms with Crippen molar-refractivity contribution in [3.63, 3.8) is 0 Å². The molecule has 23 heavy (non-hydrogen) atoms. The minimum Gasteiger partial charge on any atom is -0.317 e. The van der Waals surface area contributed by atoms with Crippen molar-refractivity contribution >= 4 is 11.7 Å². The highest BCUT2D eigenvalue weighted by molar-refractivity contribution is 5.90. The van der Waals surface area contributed by atoms with Crippen LogP contribution in [0.3, 0.4) is 0 Å². The Morgan fingerprint density at radius 2 is 1.96 bits per heavy atom. The number of nitrogens with zero attached hydrogens (tertiary/aromatic N) is 1. The number of nitrogens with one attached hydrogen (secondary N) is 1. The first-order chi connectivity index (χ1) is 11.1. The number of amides is 2. The molecule has 0 aliphatic carbocycles. The lowest BCUT2D eigenvalue weighted by molar-refractivity contribution is 0.206. The molecule has 1 heterocycles. The van der Waals surface area contributed by atoms with E-state index in [2.05, 4.69) is 5.32 Å². The number of aryl methyl sites for hydroxylation is 2. The first-order valence-electron chi connectivity index (χ1n) is 7.95. The van der Waals surface area contributed by atoms with Gasteiger partial charge in [0.2, 0.25) is 0 Å². The highest BCUT2D eigenvalue weighted by Crippen LogP contribution is 2.33. The third-order valence-electron chi connectivity index (χ3n) is 4.54. The number of hydrogen-bond acceptors (Lipinski definition) is 1. The third-order valence-corrected chi connectivity index (χ3v) is 4.54. The van der Waals surface area contributed by atoms with Crippen LogP contribution in [0.15, 0.2) is 42.5 Å². The van der Waals surface area contributed by atoms with E-state index < -0.39 is 0 Å². The molecule has 1 atom stereocenters. The summed E-state index contributed by atoms with van der Waals surface area (Å²) in [6, 6.07) is 12.2. The summed E-state index contributed by atoms with van der Waals surface area (Å²) in [5.74, 6) is -0.247. The summed E-state index contributed by atoms with van der Waals surface area (Å²) in [6.07, 6.45) is 1.68. The Hall–Kier alpha value is -2.36. The number of rotatable bonds is 2. The summed E-state index contributed by atoms with van der Waals surface area (Å²) >= 11 is 0. The smallest absolute Gasteiger partial charge is 0.317 e. The van der Waals surface area contributed by atoms with Crippen LogP contribution in [0.5, 0.6) is 0 Å². The molecule has 2 aromatic rings. The minimum atomic E-state index is -0.247. The van der Waals surface area contributed by atoms with Gasteiger partial charge in [-0.2, -0.15) is 0 Å². The highest BCUT2D eigenvalue weighted by Gasteiger charge is 2.31. The van der Waals surface area contributed by atoms with Gasteiger partial charge in [0, 0.05) is 17.8 Å². The Morgan fingerprint density at radius 1 is 1.17 bits per heavy atom. The van der Waals surface area contributed by atoms with E-state index >= 15 is 0 Å². The normalized spacial score (nSPS) is 17.3. The van der Waals surface area contributed by atoms with Crippen LogP contribution in [0, 0.1) is 19.7 Å². The predicted molar refractivity (Wildman–Crippen MR) is 90.0 cm³/mol. The molecule has 0 aromatic heterocycles. The molecule has 0 saturated carbocycles. The van der Waals surface area contributed by atoms with Gasteiger partial charge in [-0.25, -0.2) is 9.18 Å². The van der Waals surface area contributed by atoms with Gasteiger partial charge < -0.3 is 10.2 Å². The standard InChI is InChI=1S/C19H21FN2O/c1-13-9-10-15(12-14(13)2)21-19(23)22-11-5-8-18(22)16-6-3-4-7-17(16)20/h3-4,6-7,9-10,12,18H,5,8,11H2,1-2H3,(H,21,23).